The standard InChI is InChI=1S/C20H24N2O2.C12H18F3NO5S/c1-14-7-10-18(22(13-14)19(23)24-20(2,3)4)16-8-9-17-15(12-16)6-5-11-21-17;1-8-5-6-9(21-22(18,19)12(13,14)15)16(7-8)10(17)20-11(2,3)4/h5-6,8-12,14H,7,13H2,1-4H3;6,8H,5,7H2,1-4H3/t14-;8-/m00/s1. The van der Waals surface area contributed by atoms with Crippen LogP contribution in [0.25, 0.3) is 16.6 Å². The molecule has 2 aliphatic rings. The van der Waals surface area contributed by atoms with Gasteiger partial charge in [-0.15, -0.1) is 0 Å². The Morgan fingerprint density at radius 3 is 1.96 bits per heavy atom. The number of rotatable bonds is 3. The van der Waals surface area contributed by atoms with E-state index in [4.69, 9.17) is 9.47 Å². The summed E-state index contributed by atoms with van der Waals surface area (Å²) in [6.07, 6.45) is 5.03. The number of halogens is 3. The number of hydrogen-bond donors (Lipinski definition) is 0. The monoisotopic (exact) mass is 669 g/mol. The number of aromatic nitrogens is 1. The number of benzene rings is 1. The summed E-state index contributed by atoms with van der Waals surface area (Å²) in [6, 6.07) is 10.1. The Morgan fingerprint density at radius 1 is 0.848 bits per heavy atom. The number of nitrogens with zero attached hydrogens (tertiary/aromatic N) is 3. The predicted molar refractivity (Wildman–Crippen MR) is 167 cm³/mol. The summed E-state index contributed by atoms with van der Waals surface area (Å²) in [6.45, 7) is 15.0. The van der Waals surface area contributed by atoms with Crippen molar-refractivity contribution < 1.29 is 44.8 Å². The van der Waals surface area contributed by atoms with Crippen molar-refractivity contribution in [1.82, 2.24) is 14.8 Å². The molecular weight excluding hydrogens is 627 g/mol. The molecule has 0 fully saturated rings. The van der Waals surface area contributed by atoms with E-state index in [1.807, 2.05) is 45.0 Å². The summed E-state index contributed by atoms with van der Waals surface area (Å²) in [7, 11) is -5.84. The molecule has 4 rings (SSSR count). The van der Waals surface area contributed by atoms with E-state index in [2.05, 4.69) is 28.2 Å². The second-order valence-corrected chi connectivity index (χ2v) is 14.9. The molecule has 254 valence electrons. The van der Waals surface area contributed by atoms with Gasteiger partial charge in [0, 0.05) is 24.7 Å². The van der Waals surface area contributed by atoms with Crippen LogP contribution in [-0.2, 0) is 23.8 Å². The van der Waals surface area contributed by atoms with Gasteiger partial charge in [-0.3, -0.25) is 9.88 Å². The van der Waals surface area contributed by atoms with Crippen LogP contribution >= 0.6 is 0 Å². The van der Waals surface area contributed by atoms with Crippen molar-refractivity contribution >= 4 is 38.9 Å². The third kappa shape index (κ3) is 10.1. The van der Waals surface area contributed by atoms with Gasteiger partial charge in [-0.25, -0.2) is 14.5 Å². The molecule has 2 aliphatic heterocycles. The Morgan fingerprint density at radius 2 is 1.39 bits per heavy atom. The molecule has 14 heteroatoms. The lowest BCUT2D eigenvalue weighted by Gasteiger charge is -2.34. The molecule has 2 atom stereocenters. The highest BCUT2D eigenvalue weighted by Gasteiger charge is 2.50. The molecule has 2 amide bonds. The van der Waals surface area contributed by atoms with Crippen LogP contribution < -0.4 is 0 Å². The largest absolute Gasteiger partial charge is 0.534 e. The van der Waals surface area contributed by atoms with Crippen LogP contribution in [0, 0.1) is 11.8 Å². The summed E-state index contributed by atoms with van der Waals surface area (Å²) >= 11 is 0. The van der Waals surface area contributed by atoms with Crippen molar-refractivity contribution in [3.8, 4) is 0 Å². The van der Waals surface area contributed by atoms with Crippen molar-refractivity contribution in [2.24, 2.45) is 11.8 Å². The van der Waals surface area contributed by atoms with Crippen LogP contribution in [0.3, 0.4) is 0 Å². The predicted octanol–water partition coefficient (Wildman–Crippen LogP) is 7.82. The molecular formula is C32H42F3N3O7S. The van der Waals surface area contributed by atoms with Crippen molar-refractivity contribution in [2.45, 2.75) is 84.9 Å². The summed E-state index contributed by atoms with van der Waals surface area (Å²) in [4.78, 5) is 31.5. The molecule has 1 aromatic heterocycles. The molecule has 0 aliphatic carbocycles. The first-order valence-electron chi connectivity index (χ1n) is 14.8. The minimum atomic E-state index is -5.84. The zero-order valence-electron chi connectivity index (χ0n) is 27.3. The number of alkyl halides is 3. The van der Waals surface area contributed by atoms with Crippen molar-refractivity contribution in [3.63, 3.8) is 0 Å². The van der Waals surface area contributed by atoms with Gasteiger partial charge in [-0.1, -0.05) is 32.1 Å². The second-order valence-electron chi connectivity index (χ2n) is 13.4. The molecule has 0 bridgehead atoms. The Bertz CT molecular complexity index is 1590. The minimum absolute atomic E-state index is 0.00583. The zero-order valence-corrected chi connectivity index (χ0v) is 28.2. The number of allylic oxidation sites excluding steroid dienone is 2. The van der Waals surface area contributed by atoms with Gasteiger partial charge < -0.3 is 13.7 Å². The molecule has 1 aromatic carbocycles. The molecule has 0 radical (unpaired) electrons. The molecule has 0 N–H and O–H groups in total. The fraction of sp³-hybridized carbons (Fsp3) is 0.531. The molecule has 2 aromatic rings. The quantitative estimate of drug-likeness (QED) is 0.240. The lowest BCUT2D eigenvalue weighted by atomic mass is 9.97. The van der Waals surface area contributed by atoms with Crippen LogP contribution in [0.15, 0.2) is 54.6 Å². The second kappa shape index (κ2) is 13.9. The van der Waals surface area contributed by atoms with E-state index in [-0.39, 0.29) is 25.0 Å². The number of pyridine rings is 1. The van der Waals surface area contributed by atoms with E-state index in [9.17, 15) is 31.2 Å². The van der Waals surface area contributed by atoms with E-state index in [0.717, 1.165) is 39.6 Å². The number of ether oxygens (including phenoxy) is 2. The van der Waals surface area contributed by atoms with Crippen LogP contribution in [0.4, 0.5) is 22.8 Å². The highest BCUT2D eigenvalue weighted by atomic mass is 32.2. The molecule has 0 unspecified atom stereocenters. The molecule has 0 spiro atoms. The molecule has 0 saturated carbocycles. The maximum Gasteiger partial charge on any atom is 0.534 e. The van der Waals surface area contributed by atoms with Gasteiger partial charge in [-0.05, 0) is 96.1 Å². The van der Waals surface area contributed by atoms with Gasteiger partial charge in [0.1, 0.15) is 11.2 Å². The van der Waals surface area contributed by atoms with Gasteiger partial charge in [0.05, 0.1) is 11.2 Å². The topological polar surface area (TPSA) is 115 Å². The maximum atomic E-state index is 12.7. The normalized spacial score (nSPS) is 19.4. The van der Waals surface area contributed by atoms with E-state index >= 15 is 0 Å². The van der Waals surface area contributed by atoms with Gasteiger partial charge in [0.15, 0.2) is 0 Å². The Hall–Kier alpha value is -3.81. The van der Waals surface area contributed by atoms with Gasteiger partial charge in [0.25, 0.3) is 0 Å². The van der Waals surface area contributed by atoms with Crippen LogP contribution in [-0.4, -0.2) is 65.2 Å². The lowest BCUT2D eigenvalue weighted by molar-refractivity contribution is -0.0546. The summed E-state index contributed by atoms with van der Waals surface area (Å²) < 4.78 is 74.1. The van der Waals surface area contributed by atoms with Gasteiger partial charge in [-0.2, -0.15) is 21.6 Å². The van der Waals surface area contributed by atoms with E-state index in [1.54, 1.807) is 38.8 Å². The highest BCUT2D eigenvalue weighted by molar-refractivity contribution is 7.87. The number of amides is 2. The lowest BCUT2D eigenvalue weighted by Crippen LogP contribution is -2.42. The molecule has 0 saturated heterocycles. The number of carbonyl (C=O) groups excluding carboxylic acids is 2. The van der Waals surface area contributed by atoms with Crippen LogP contribution in [0.1, 0.15) is 73.8 Å². The van der Waals surface area contributed by atoms with Crippen molar-refractivity contribution in [1.29, 1.82) is 0 Å². The first kappa shape index (κ1) is 36.7. The smallest absolute Gasteiger partial charge is 0.443 e. The molecule has 46 heavy (non-hydrogen) atoms. The molecule has 3 heterocycles. The van der Waals surface area contributed by atoms with Crippen LogP contribution in [0.5, 0.6) is 0 Å². The highest BCUT2D eigenvalue weighted by Crippen LogP contribution is 2.32. The van der Waals surface area contributed by atoms with Gasteiger partial charge >= 0.3 is 27.8 Å². The summed E-state index contributed by atoms with van der Waals surface area (Å²) in [5, 5.41) is 1.07. The van der Waals surface area contributed by atoms with E-state index in [0.29, 0.717) is 12.5 Å². The summed E-state index contributed by atoms with van der Waals surface area (Å²) in [5.41, 5.74) is -4.06. The number of fused-ring (bicyclic) bond motifs is 1. The third-order valence-electron chi connectivity index (χ3n) is 6.56. The van der Waals surface area contributed by atoms with Crippen molar-refractivity contribution in [3.05, 3.63) is 60.1 Å². The number of hydrogen-bond acceptors (Lipinski definition) is 8. The average molecular weight is 670 g/mol. The van der Waals surface area contributed by atoms with Crippen LogP contribution in [0.2, 0.25) is 0 Å². The first-order valence-corrected chi connectivity index (χ1v) is 16.2. The molecule has 10 nitrogen and oxygen atoms in total. The SMILES string of the molecule is C[C@H]1CC=C(OS(=O)(=O)C(F)(F)F)N(C(=O)OC(C)(C)C)C1.C[C@H]1CC=C(c2ccc3ncccc3c2)N(C(=O)OC(C)(C)C)C1. The Kier molecular flexibility index (Phi) is 11.1. The third-order valence-corrected chi connectivity index (χ3v) is 7.52. The Balaban J connectivity index is 0.000000252. The fourth-order valence-corrected chi connectivity index (χ4v) is 4.99. The zero-order chi connectivity index (χ0) is 34.7. The number of carbonyl (C=O) groups is 2. The van der Waals surface area contributed by atoms with E-state index in [1.165, 1.54) is 0 Å². The van der Waals surface area contributed by atoms with Gasteiger partial charge in [0.2, 0.25) is 5.88 Å². The Labute approximate surface area is 268 Å². The first-order chi connectivity index (χ1) is 21.1. The fourth-order valence-electron chi connectivity index (χ4n) is 4.51. The van der Waals surface area contributed by atoms with Crippen molar-refractivity contribution in [2.75, 3.05) is 13.1 Å². The maximum absolute atomic E-state index is 12.7. The van der Waals surface area contributed by atoms with E-state index < -0.39 is 38.8 Å². The minimum Gasteiger partial charge on any atom is -0.443 e. The summed E-state index contributed by atoms with van der Waals surface area (Å²) in [5.74, 6) is -0.346. The average Bonchev–Trinajstić information content (AvgIpc) is 2.91.